The molecule has 1 aliphatic carbocycles. The Bertz CT molecular complexity index is 1310. The summed E-state index contributed by atoms with van der Waals surface area (Å²) in [5.41, 5.74) is 0.799. The first-order valence-corrected chi connectivity index (χ1v) is 12.9. The average molecular weight is 516 g/mol. The molecule has 1 aromatic carbocycles. The van der Waals surface area contributed by atoms with E-state index < -0.39 is 11.6 Å². The number of hydrogen-bond donors (Lipinski definition) is 1. The van der Waals surface area contributed by atoms with Crippen LogP contribution in [0.5, 0.6) is 0 Å². The Morgan fingerprint density at radius 1 is 1.19 bits per heavy atom. The van der Waals surface area contributed by atoms with E-state index in [1.807, 2.05) is 18.2 Å². The lowest BCUT2D eigenvalue weighted by molar-refractivity contribution is -0.131. The minimum absolute atomic E-state index is 0.0560. The maximum atomic E-state index is 14.0. The number of rotatable bonds is 8. The number of benzene rings is 1. The number of carbonyl (C=O) groups is 3. The topological polar surface area (TPSA) is 127 Å². The van der Waals surface area contributed by atoms with E-state index in [9.17, 15) is 19.5 Å². The number of hydrogen-bond acceptors (Lipinski definition) is 7. The van der Waals surface area contributed by atoms with Crippen molar-refractivity contribution in [3.63, 3.8) is 0 Å². The van der Waals surface area contributed by atoms with Gasteiger partial charge < -0.3 is 10.0 Å². The highest BCUT2D eigenvalue weighted by molar-refractivity contribution is 8.14. The Labute approximate surface area is 218 Å². The third-order valence-corrected chi connectivity index (χ3v) is 8.20. The summed E-state index contributed by atoms with van der Waals surface area (Å²) in [7, 11) is 0. The first-order chi connectivity index (χ1) is 17.9. The fraction of sp³-hybridized carbons (Fsp3) is 0.333. The van der Waals surface area contributed by atoms with Crippen LogP contribution >= 0.6 is 11.8 Å². The van der Waals surface area contributed by atoms with Gasteiger partial charge in [0.1, 0.15) is 5.54 Å². The maximum absolute atomic E-state index is 14.0. The first kappa shape index (κ1) is 24.7. The Morgan fingerprint density at radius 3 is 2.46 bits per heavy atom. The molecule has 1 saturated heterocycles. The highest BCUT2D eigenvalue weighted by Crippen LogP contribution is 2.52. The molecule has 37 heavy (non-hydrogen) atoms. The van der Waals surface area contributed by atoms with Gasteiger partial charge in [-0.15, -0.1) is 6.58 Å². The van der Waals surface area contributed by atoms with E-state index >= 15 is 0 Å². The molecule has 2 amide bonds. The summed E-state index contributed by atoms with van der Waals surface area (Å²) in [6.45, 7) is 4.63. The largest absolute Gasteiger partial charge is 0.465 e. The van der Waals surface area contributed by atoms with E-state index in [1.54, 1.807) is 47.6 Å². The first-order valence-electron chi connectivity index (χ1n) is 11.9. The van der Waals surface area contributed by atoms with Crippen LogP contribution in [-0.4, -0.2) is 73.3 Å². The Hall–Kier alpha value is -3.97. The monoisotopic (exact) mass is 515 g/mol. The van der Waals surface area contributed by atoms with Gasteiger partial charge in [0.05, 0.1) is 17.4 Å². The lowest BCUT2D eigenvalue weighted by Crippen LogP contribution is -2.47. The Balaban J connectivity index is 1.41. The predicted molar refractivity (Wildman–Crippen MR) is 138 cm³/mol. The molecular weight excluding hydrogens is 490 g/mol. The molecule has 188 valence electrons. The van der Waals surface area contributed by atoms with Crippen LogP contribution in [0.4, 0.5) is 4.79 Å². The molecule has 3 atom stereocenters. The summed E-state index contributed by atoms with van der Waals surface area (Å²) in [6.07, 6.45) is 4.80. The zero-order valence-electron chi connectivity index (χ0n) is 20.0. The predicted octanol–water partition coefficient (Wildman–Crippen LogP) is 3.23. The number of aromatic nitrogens is 1. The third kappa shape index (κ3) is 4.62. The van der Waals surface area contributed by atoms with Crippen LogP contribution in [0, 0.1) is 23.2 Å². The van der Waals surface area contributed by atoms with Gasteiger partial charge in [-0.2, -0.15) is 5.26 Å². The molecule has 1 N–H and O–H groups in total. The number of Topliss-reactive ketones (excluding diaryl/α,β-unsaturated/α-hetero) is 1. The SMILES string of the molecule is C=CCC1(Cc2ccncc2)N=C(SCC(=O)c2ccc(C#N)cc2)N(C2C3CN(C(=O)O)CC32)C1=O. The van der Waals surface area contributed by atoms with Gasteiger partial charge >= 0.3 is 6.09 Å². The minimum atomic E-state index is -1.08. The molecule has 2 aliphatic heterocycles. The van der Waals surface area contributed by atoms with Crippen molar-refractivity contribution in [2.24, 2.45) is 16.8 Å². The molecule has 3 unspecified atom stereocenters. The van der Waals surface area contributed by atoms with Crippen molar-refractivity contribution in [3.8, 4) is 6.07 Å². The molecule has 0 bridgehead atoms. The highest BCUT2D eigenvalue weighted by Gasteiger charge is 2.64. The van der Waals surface area contributed by atoms with E-state index in [2.05, 4.69) is 11.6 Å². The van der Waals surface area contributed by atoms with Crippen LogP contribution in [0.3, 0.4) is 0 Å². The van der Waals surface area contributed by atoms with E-state index in [0.29, 0.717) is 42.2 Å². The molecule has 1 aromatic heterocycles. The number of ketones is 1. The van der Waals surface area contributed by atoms with Crippen LogP contribution in [0.2, 0.25) is 0 Å². The number of piperidine rings is 1. The molecule has 9 nitrogen and oxygen atoms in total. The van der Waals surface area contributed by atoms with Crippen LogP contribution in [0.1, 0.15) is 27.9 Å². The van der Waals surface area contributed by atoms with Gasteiger partial charge in [0.15, 0.2) is 11.0 Å². The number of amides is 2. The van der Waals surface area contributed by atoms with E-state index in [1.165, 1.54) is 16.7 Å². The fourth-order valence-corrected chi connectivity index (χ4v) is 6.35. The van der Waals surface area contributed by atoms with Crippen molar-refractivity contribution in [2.75, 3.05) is 18.8 Å². The van der Waals surface area contributed by atoms with Crippen molar-refractivity contribution >= 4 is 34.7 Å². The van der Waals surface area contributed by atoms with Crippen LogP contribution in [0.25, 0.3) is 0 Å². The number of thioether (sulfide) groups is 1. The lowest BCUT2D eigenvalue weighted by atomic mass is 9.88. The summed E-state index contributed by atoms with van der Waals surface area (Å²) in [5.74, 6) is -0.0788. The second-order valence-electron chi connectivity index (χ2n) is 9.53. The van der Waals surface area contributed by atoms with Gasteiger partial charge in [0.25, 0.3) is 5.91 Å². The van der Waals surface area contributed by atoms with Gasteiger partial charge in [-0.05, 0) is 36.2 Å². The van der Waals surface area contributed by atoms with Gasteiger partial charge in [0.2, 0.25) is 0 Å². The fourth-order valence-electron chi connectivity index (χ4n) is 5.34. The standard InChI is InChI=1S/C27H25N5O4S/c1-2-9-27(12-17-7-10-29-11-8-17)24(34)32(23-20-14-31(26(35)36)15-21(20)23)25(30-27)37-16-22(33)19-5-3-18(13-28)4-6-19/h2-8,10-11,20-21,23H,1,9,12,14-16H2,(H,35,36). The zero-order valence-corrected chi connectivity index (χ0v) is 20.8. The minimum Gasteiger partial charge on any atom is -0.465 e. The number of nitrogens with zero attached hydrogens (tertiary/aromatic N) is 5. The molecule has 1 saturated carbocycles. The molecule has 5 rings (SSSR count). The number of fused-ring (bicyclic) bond motifs is 1. The van der Waals surface area contributed by atoms with E-state index in [4.69, 9.17) is 10.3 Å². The molecule has 2 aromatic rings. The number of pyridine rings is 1. The molecule has 0 radical (unpaired) electrons. The van der Waals surface area contributed by atoms with Crippen LogP contribution < -0.4 is 0 Å². The van der Waals surface area contributed by atoms with Crippen molar-refractivity contribution < 1.29 is 19.5 Å². The van der Waals surface area contributed by atoms with Crippen molar-refractivity contribution in [1.82, 2.24) is 14.8 Å². The summed E-state index contributed by atoms with van der Waals surface area (Å²) < 4.78 is 0. The normalized spacial score (nSPS) is 25.9. The van der Waals surface area contributed by atoms with Gasteiger partial charge in [-0.1, -0.05) is 30.0 Å². The smallest absolute Gasteiger partial charge is 0.407 e. The third-order valence-electron chi connectivity index (χ3n) is 7.25. The number of aliphatic imine (C=N–C) groups is 1. The van der Waals surface area contributed by atoms with E-state index in [0.717, 1.165) is 5.56 Å². The zero-order chi connectivity index (χ0) is 26.2. The van der Waals surface area contributed by atoms with Crippen molar-refractivity contribution in [1.29, 1.82) is 5.26 Å². The summed E-state index contributed by atoms with van der Waals surface area (Å²) >= 11 is 1.23. The van der Waals surface area contributed by atoms with Crippen molar-refractivity contribution in [2.45, 2.75) is 24.4 Å². The van der Waals surface area contributed by atoms with Gasteiger partial charge in [0, 0.05) is 55.3 Å². The average Bonchev–Trinajstić information content (AvgIpc) is 3.24. The molecule has 3 aliphatic rings. The molecule has 2 fully saturated rings. The lowest BCUT2D eigenvalue weighted by Gasteiger charge is -2.27. The Morgan fingerprint density at radius 2 is 1.86 bits per heavy atom. The van der Waals surface area contributed by atoms with Crippen LogP contribution in [-0.2, 0) is 11.2 Å². The Kier molecular flexibility index (Phi) is 6.56. The van der Waals surface area contributed by atoms with Crippen molar-refractivity contribution in [3.05, 3.63) is 78.1 Å². The number of carboxylic acid groups (broad SMARTS) is 1. The number of likely N-dealkylation sites (tertiary alicyclic amines) is 1. The quantitative estimate of drug-likeness (QED) is 0.422. The van der Waals surface area contributed by atoms with Gasteiger partial charge in [-0.25, -0.2) is 9.79 Å². The molecular formula is C27H25N5O4S. The number of carbonyl (C=O) groups excluding carboxylic acids is 2. The second kappa shape index (κ2) is 9.82. The van der Waals surface area contributed by atoms with E-state index in [-0.39, 0.29) is 35.3 Å². The number of amidine groups is 1. The second-order valence-corrected chi connectivity index (χ2v) is 10.5. The molecule has 10 heteroatoms. The van der Waals surface area contributed by atoms with Gasteiger partial charge in [-0.3, -0.25) is 19.5 Å². The summed E-state index contributed by atoms with van der Waals surface area (Å²) in [5, 5.41) is 18.8. The highest BCUT2D eigenvalue weighted by atomic mass is 32.2. The maximum Gasteiger partial charge on any atom is 0.407 e. The summed E-state index contributed by atoms with van der Waals surface area (Å²) in [6, 6.07) is 12.1. The number of nitriles is 1. The van der Waals surface area contributed by atoms with Crippen LogP contribution in [0.15, 0.2) is 66.4 Å². The molecule has 0 spiro atoms. The molecule has 3 heterocycles. The summed E-state index contributed by atoms with van der Waals surface area (Å²) in [4.78, 5) is 50.5.